The Labute approximate surface area is 185 Å². The van der Waals surface area contributed by atoms with Gasteiger partial charge in [-0.3, -0.25) is 14.0 Å². The minimum atomic E-state index is -3.32. The number of fused-ring (bicyclic) bond motifs is 1. The van der Waals surface area contributed by atoms with Gasteiger partial charge in [-0.2, -0.15) is 0 Å². The fraction of sp³-hybridized carbons (Fsp3) is 0.435. The van der Waals surface area contributed by atoms with Gasteiger partial charge in [-0.25, -0.2) is 8.42 Å². The molecule has 0 spiro atoms. The minimum Gasteiger partial charge on any atom is -0.481 e. The third-order valence-corrected chi connectivity index (χ3v) is 6.75. The highest BCUT2D eigenvalue weighted by Gasteiger charge is 2.17. The Morgan fingerprint density at radius 2 is 1.84 bits per heavy atom. The smallest absolute Gasteiger partial charge is 0.260 e. The molecule has 0 aliphatic carbocycles. The number of sulfonamides is 1. The van der Waals surface area contributed by atoms with E-state index < -0.39 is 16.1 Å². The topological polar surface area (TPSA) is 78.9 Å². The van der Waals surface area contributed by atoms with Gasteiger partial charge in [0.1, 0.15) is 5.75 Å². The number of carbonyl (C=O) groups is 1. The summed E-state index contributed by atoms with van der Waals surface area (Å²) in [7, 11) is -1.83. The molecule has 168 valence electrons. The zero-order chi connectivity index (χ0) is 22.4. The van der Waals surface area contributed by atoms with E-state index in [-0.39, 0.29) is 5.91 Å². The summed E-state index contributed by atoms with van der Waals surface area (Å²) in [6, 6.07) is 15.2. The minimum absolute atomic E-state index is 0.165. The first-order valence-electron chi connectivity index (χ1n) is 10.5. The van der Waals surface area contributed by atoms with Gasteiger partial charge in [0.25, 0.3) is 5.91 Å². The molecule has 1 aliphatic heterocycles. The number of nitrogens with zero attached hydrogens (tertiary/aromatic N) is 2. The lowest BCUT2D eigenvalue weighted by molar-refractivity contribution is -0.127. The molecular formula is C23H31N3O4S. The van der Waals surface area contributed by atoms with Crippen molar-refractivity contribution in [3.63, 3.8) is 0 Å². The average Bonchev–Trinajstić information content (AvgIpc) is 2.75. The van der Waals surface area contributed by atoms with Crippen LogP contribution in [0.3, 0.4) is 0 Å². The number of benzene rings is 2. The lowest BCUT2D eigenvalue weighted by Crippen LogP contribution is -2.38. The van der Waals surface area contributed by atoms with Crippen LogP contribution in [-0.2, 0) is 27.8 Å². The predicted molar refractivity (Wildman–Crippen MR) is 123 cm³/mol. The highest BCUT2D eigenvalue weighted by molar-refractivity contribution is 7.92. The van der Waals surface area contributed by atoms with Crippen molar-refractivity contribution in [2.24, 2.45) is 0 Å². The summed E-state index contributed by atoms with van der Waals surface area (Å²) in [6.45, 7) is 5.26. The first-order chi connectivity index (χ1) is 14.7. The summed E-state index contributed by atoms with van der Waals surface area (Å²) in [6.07, 6.45) is 2.47. The molecule has 0 unspecified atom stereocenters. The molecule has 0 saturated heterocycles. The van der Waals surface area contributed by atoms with Crippen molar-refractivity contribution in [3.8, 4) is 5.75 Å². The van der Waals surface area contributed by atoms with Crippen LogP contribution in [-0.4, -0.2) is 58.3 Å². The zero-order valence-corrected chi connectivity index (χ0v) is 19.2. The number of nitrogens with one attached hydrogen (secondary N) is 1. The van der Waals surface area contributed by atoms with Gasteiger partial charge in [-0.1, -0.05) is 24.3 Å². The molecule has 2 aromatic carbocycles. The second kappa shape index (κ2) is 10.2. The molecule has 8 heteroatoms. The van der Waals surface area contributed by atoms with Gasteiger partial charge in [-0.15, -0.1) is 0 Å². The second-order valence-corrected chi connectivity index (χ2v) is 9.94. The molecule has 0 bridgehead atoms. The Balaban J connectivity index is 1.39. The molecular weight excluding hydrogens is 414 g/mol. The maximum Gasteiger partial charge on any atom is 0.260 e. The number of carbonyl (C=O) groups excluding carboxylic acids is 1. The van der Waals surface area contributed by atoms with Gasteiger partial charge in [0, 0.05) is 33.2 Å². The van der Waals surface area contributed by atoms with Crippen LogP contribution in [0.5, 0.6) is 5.75 Å². The number of ether oxygens (including phenoxy) is 1. The maximum absolute atomic E-state index is 12.3. The molecule has 3 rings (SSSR count). The van der Waals surface area contributed by atoms with E-state index in [2.05, 4.69) is 34.5 Å². The van der Waals surface area contributed by atoms with Crippen LogP contribution in [0, 0.1) is 0 Å². The summed E-state index contributed by atoms with van der Waals surface area (Å²) in [5.74, 6) is 0.349. The summed E-state index contributed by atoms with van der Waals surface area (Å²) < 4.78 is 30.1. The molecule has 1 N–H and O–H groups in total. The van der Waals surface area contributed by atoms with Crippen LogP contribution in [0.25, 0.3) is 0 Å². The zero-order valence-electron chi connectivity index (χ0n) is 18.4. The number of hydrogen-bond acceptors (Lipinski definition) is 5. The lowest BCUT2D eigenvalue weighted by atomic mass is 10.00. The quantitative estimate of drug-likeness (QED) is 0.600. The van der Waals surface area contributed by atoms with Crippen LogP contribution in [0.15, 0.2) is 48.5 Å². The highest BCUT2D eigenvalue weighted by atomic mass is 32.2. The fourth-order valence-electron chi connectivity index (χ4n) is 3.59. The molecule has 1 aliphatic rings. The number of rotatable bonds is 9. The van der Waals surface area contributed by atoms with E-state index in [1.54, 1.807) is 31.2 Å². The van der Waals surface area contributed by atoms with Gasteiger partial charge >= 0.3 is 0 Å². The van der Waals surface area contributed by atoms with Crippen molar-refractivity contribution in [1.82, 2.24) is 10.2 Å². The Morgan fingerprint density at radius 1 is 1.16 bits per heavy atom. The third-order valence-electron chi connectivity index (χ3n) is 5.54. The molecule has 0 radical (unpaired) electrons. The molecule has 1 amide bonds. The maximum atomic E-state index is 12.3. The average molecular weight is 446 g/mol. The van der Waals surface area contributed by atoms with Crippen LogP contribution in [0.1, 0.15) is 24.5 Å². The lowest BCUT2D eigenvalue weighted by Gasteiger charge is -2.28. The first-order valence-corrected chi connectivity index (χ1v) is 12.4. The van der Waals surface area contributed by atoms with Crippen molar-refractivity contribution in [2.75, 3.05) is 37.2 Å². The van der Waals surface area contributed by atoms with Crippen LogP contribution < -0.4 is 14.4 Å². The molecule has 1 atom stereocenters. The van der Waals surface area contributed by atoms with Crippen molar-refractivity contribution in [2.45, 2.75) is 32.4 Å². The fourth-order valence-corrected chi connectivity index (χ4v) is 4.09. The molecule has 0 aromatic heterocycles. The Hall–Kier alpha value is -2.58. The highest BCUT2D eigenvalue weighted by Crippen LogP contribution is 2.21. The van der Waals surface area contributed by atoms with Crippen molar-refractivity contribution in [3.05, 3.63) is 59.7 Å². The van der Waals surface area contributed by atoms with Gasteiger partial charge in [0.05, 0.1) is 11.9 Å². The van der Waals surface area contributed by atoms with Crippen LogP contribution in [0.2, 0.25) is 0 Å². The van der Waals surface area contributed by atoms with Gasteiger partial charge < -0.3 is 10.1 Å². The summed E-state index contributed by atoms with van der Waals surface area (Å²) >= 11 is 0. The standard InChI is InChI=1S/C23H31N3O4S/c1-18(30-22-11-9-21(10-12-22)25(2)31(3,28)29)23(27)24-14-6-15-26-16-13-19-7-4-5-8-20(19)17-26/h4-5,7-12,18H,6,13-17H2,1-3H3,(H,24,27)/t18-/m0/s1. The van der Waals surface area contributed by atoms with Crippen LogP contribution >= 0.6 is 0 Å². The van der Waals surface area contributed by atoms with E-state index in [1.807, 2.05) is 0 Å². The van der Waals surface area contributed by atoms with E-state index in [0.29, 0.717) is 18.0 Å². The second-order valence-electron chi connectivity index (χ2n) is 7.92. The molecule has 7 nitrogen and oxygen atoms in total. The van der Waals surface area contributed by atoms with E-state index in [9.17, 15) is 13.2 Å². The molecule has 31 heavy (non-hydrogen) atoms. The monoisotopic (exact) mass is 445 g/mol. The number of anilines is 1. The SMILES string of the molecule is C[C@H](Oc1ccc(N(C)S(C)(=O)=O)cc1)C(=O)NCCCN1CCc2ccccc2C1. The molecule has 0 fully saturated rings. The van der Waals surface area contributed by atoms with Crippen LogP contribution in [0.4, 0.5) is 5.69 Å². The first kappa shape index (κ1) is 23.1. The third kappa shape index (κ3) is 6.45. The van der Waals surface area contributed by atoms with Crippen molar-refractivity contribution in [1.29, 1.82) is 0 Å². The molecule has 2 aromatic rings. The Morgan fingerprint density at radius 3 is 2.52 bits per heavy atom. The normalized spacial score (nSPS) is 15.1. The predicted octanol–water partition coefficient (Wildman–Crippen LogP) is 2.41. The summed E-state index contributed by atoms with van der Waals surface area (Å²) in [5.41, 5.74) is 3.37. The largest absolute Gasteiger partial charge is 0.481 e. The van der Waals surface area contributed by atoms with Gasteiger partial charge in [0.2, 0.25) is 10.0 Å². The van der Waals surface area contributed by atoms with E-state index in [4.69, 9.17) is 4.74 Å². The van der Waals surface area contributed by atoms with E-state index in [0.717, 1.165) is 38.7 Å². The summed E-state index contributed by atoms with van der Waals surface area (Å²) in [5, 5.41) is 2.93. The van der Waals surface area contributed by atoms with E-state index >= 15 is 0 Å². The van der Waals surface area contributed by atoms with E-state index in [1.165, 1.54) is 22.5 Å². The Kier molecular flexibility index (Phi) is 7.56. The Bertz CT molecular complexity index is 992. The molecule has 0 saturated carbocycles. The van der Waals surface area contributed by atoms with Crippen molar-refractivity contribution < 1.29 is 17.9 Å². The summed E-state index contributed by atoms with van der Waals surface area (Å²) in [4.78, 5) is 14.8. The number of amides is 1. The molecule has 1 heterocycles. The van der Waals surface area contributed by atoms with Crippen molar-refractivity contribution >= 4 is 21.6 Å². The number of hydrogen-bond donors (Lipinski definition) is 1. The van der Waals surface area contributed by atoms with Gasteiger partial charge in [0.15, 0.2) is 6.10 Å². The van der Waals surface area contributed by atoms with Gasteiger partial charge in [-0.05, 0) is 55.2 Å².